The molecule has 0 amide bonds. The van der Waals surface area contributed by atoms with Gasteiger partial charge in [-0.3, -0.25) is 9.59 Å². The van der Waals surface area contributed by atoms with Gasteiger partial charge in [-0.1, -0.05) is 6.42 Å². The monoisotopic (exact) mass is 206 g/mol. The SMILES string of the molecule is O=C(O)CCCCC(CS)C(=O)O. The minimum Gasteiger partial charge on any atom is -0.481 e. The Hall–Kier alpha value is -0.710. The van der Waals surface area contributed by atoms with Crippen LogP contribution in [0.5, 0.6) is 0 Å². The highest BCUT2D eigenvalue weighted by Crippen LogP contribution is 2.11. The Balaban J connectivity index is 3.50. The van der Waals surface area contributed by atoms with Gasteiger partial charge in [-0.05, 0) is 12.8 Å². The molecule has 13 heavy (non-hydrogen) atoms. The molecule has 5 heteroatoms. The van der Waals surface area contributed by atoms with Crippen LogP contribution in [0.25, 0.3) is 0 Å². The molecule has 0 aromatic heterocycles. The number of unbranched alkanes of at least 4 members (excludes halogenated alkanes) is 1. The van der Waals surface area contributed by atoms with Gasteiger partial charge in [0.05, 0.1) is 5.92 Å². The van der Waals surface area contributed by atoms with Gasteiger partial charge in [0.15, 0.2) is 0 Å². The molecule has 0 aromatic rings. The molecule has 4 nitrogen and oxygen atoms in total. The van der Waals surface area contributed by atoms with Gasteiger partial charge in [-0.25, -0.2) is 0 Å². The van der Waals surface area contributed by atoms with Gasteiger partial charge in [0, 0.05) is 12.2 Å². The van der Waals surface area contributed by atoms with Crippen LogP contribution in [0, 0.1) is 5.92 Å². The van der Waals surface area contributed by atoms with Gasteiger partial charge in [0.2, 0.25) is 0 Å². The zero-order chi connectivity index (χ0) is 10.3. The Bertz CT molecular complexity index is 181. The lowest BCUT2D eigenvalue weighted by Crippen LogP contribution is -2.15. The summed E-state index contributed by atoms with van der Waals surface area (Å²) in [6, 6.07) is 0. The second kappa shape index (κ2) is 6.77. The first-order valence-corrected chi connectivity index (χ1v) is 4.76. The van der Waals surface area contributed by atoms with Crippen LogP contribution < -0.4 is 0 Å². The van der Waals surface area contributed by atoms with Crippen molar-refractivity contribution in [1.29, 1.82) is 0 Å². The van der Waals surface area contributed by atoms with Crippen molar-refractivity contribution in [3.05, 3.63) is 0 Å². The van der Waals surface area contributed by atoms with E-state index in [0.29, 0.717) is 25.0 Å². The average Bonchev–Trinajstić information content (AvgIpc) is 2.03. The van der Waals surface area contributed by atoms with E-state index in [1.165, 1.54) is 0 Å². The van der Waals surface area contributed by atoms with Crippen LogP contribution in [-0.2, 0) is 9.59 Å². The number of hydrogen-bond donors (Lipinski definition) is 3. The van der Waals surface area contributed by atoms with Crippen molar-refractivity contribution in [2.75, 3.05) is 5.75 Å². The van der Waals surface area contributed by atoms with E-state index in [4.69, 9.17) is 10.2 Å². The zero-order valence-corrected chi connectivity index (χ0v) is 8.17. The molecule has 0 spiro atoms. The second-order valence-corrected chi connectivity index (χ2v) is 3.22. The number of thiol groups is 1. The van der Waals surface area contributed by atoms with E-state index in [1.54, 1.807) is 0 Å². The molecule has 0 heterocycles. The van der Waals surface area contributed by atoms with E-state index in [-0.39, 0.29) is 6.42 Å². The topological polar surface area (TPSA) is 74.6 Å². The van der Waals surface area contributed by atoms with Crippen molar-refractivity contribution in [2.45, 2.75) is 25.7 Å². The number of carbonyl (C=O) groups is 2. The van der Waals surface area contributed by atoms with Crippen LogP contribution >= 0.6 is 12.6 Å². The first-order chi connectivity index (χ1) is 6.07. The quantitative estimate of drug-likeness (QED) is 0.433. The fourth-order valence-electron chi connectivity index (χ4n) is 0.960. The van der Waals surface area contributed by atoms with Crippen molar-refractivity contribution in [1.82, 2.24) is 0 Å². The molecule has 1 unspecified atom stereocenters. The first kappa shape index (κ1) is 12.3. The normalized spacial score (nSPS) is 12.4. The highest BCUT2D eigenvalue weighted by molar-refractivity contribution is 7.80. The van der Waals surface area contributed by atoms with Crippen LogP contribution in [0.2, 0.25) is 0 Å². The minimum absolute atomic E-state index is 0.110. The van der Waals surface area contributed by atoms with Crippen LogP contribution in [0.4, 0.5) is 0 Å². The van der Waals surface area contributed by atoms with Crippen molar-refractivity contribution < 1.29 is 19.8 Å². The Morgan fingerprint density at radius 1 is 1.23 bits per heavy atom. The number of aliphatic carboxylic acids is 2. The Kier molecular flexibility index (Phi) is 6.40. The van der Waals surface area contributed by atoms with Gasteiger partial charge in [0.1, 0.15) is 0 Å². The van der Waals surface area contributed by atoms with E-state index in [1.807, 2.05) is 0 Å². The molecule has 0 saturated carbocycles. The predicted octanol–water partition coefficient (Wildman–Crippen LogP) is 1.26. The van der Waals surface area contributed by atoms with Crippen LogP contribution in [0.1, 0.15) is 25.7 Å². The third kappa shape index (κ3) is 6.45. The molecule has 2 N–H and O–H groups in total. The maximum Gasteiger partial charge on any atom is 0.307 e. The molecule has 0 fully saturated rings. The number of rotatable bonds is 7. The summed E-state index contributed by atoms with van der Waals surface area (Å²) in [5.74, 6) is -1.83. The van der Waals surface area contributed by atoms with E-state index >= 15 is 0 Å². The van der Waals surface area contributed by atoms with E-state index in [2.05, 4.69) is 12.6 Å². The summed E-state index contributed by atoms with van der Waals surface area (Å²) in [6.45, 7) is 0. The van der Waals surface area contributed by atoms with E-state index < -0.39 is 17.9 Å². The Labute approximate surface area is 82.4 Å². The molecule has 0 saturated heterocycles. The largest absolute Gasteiger partial charge is 0.481 e. The standard InChI is InChI=1S/C8H14O4S/c9-7(10)4-2-1-3-6(5-13)8(11)12/h6,13H,1-5H2,(H,9,10)(H,11,12). The van der Waals surface area contributed by atoms with Crippen molar-refractivity contribution >= 4 is 24.6 Å². The van der Waals surface area contributed by atoms with E-state index in [9.17, 15) is 9.59 Å². The number of carboxylic acids is 2. The summed E-state index contributed by atoms with van der Waals surface area (Å²) in [5, 5.41) is 16.9. The Morgan fingerprint density at radius 2 is 1.85 bits per heavy atom. The lowest BCUT2D eigenvalue weighted by atomic mass is 10.0. The van der Waals surface area contributed by atoms with Crippen molar-refractivity contribution in [3.63, 3.8) is 0 Å². The highest BCUT2D eigenvalue weighted by Gasteiger charge is 2.14. The van der Waals surface area contributed by atoms with Gasteiger partial charge < -0.3 is 10.2 Å². The molecule has 0 radical (unpaired) electrons. The summed E-state index contributed by atoms with van der Waals surface area (Å²) in [4.78, 5) is 20.6. The fourth-order valence-corrected chi connectivity index (χ4v) is 1.30. The maximum absolute atomic E-state index is 10.5. The van der Waals surface area contributed by atoms with Gasteiger partial charge in [0.25, 0.3) is 0 Å². The molecule has 0 rings (SSSR count). The molecular formula is C8H14O4S. The van der Waals surface area contributed by atoms with Gasteiger partial charge >= 0.3 is 11.9 Å². The van der Waals surface area contributed by atoms with Crippen LogP contribution in [-0.4, -0.2) is 27.9 Å². The third-order valence-electron chi connectivity index (χ3n) is 1.76. The smallest absolute Gasteiger partial charge is 0.307 e. The summed E-state index contributed by atoms with van der Waals surface area (Å²) < 4.78 is 0. The predicted molar refractivity (Wildman–Crippen MR) is 51.1 cm³/mol. The Morgan fingerprint density at radius 3 is 2.23 bits per heavy atom. The average molecular weight is 206 g/mol. The lowest BCUT2D eigenvalue weighted by Gasteiger charge is -2.07. The fraction of sp³-hybridized carbons (Fsp3) is 0.750. The minimum atomic E-state index is -0.856. The van der Waals surface area contributed by atoms with E-state index in [0.717, 1.165) is 0 Å². The van der Waals surface area contributed by atoms with Crippen molar-refractivity contribution in [3.8, 4) is 0 Å². The summed E-state index contributed by atoms with van der Waals surface area (Å²) >= 11 is 3.90. The molecule has 0 aliphatic heterocycles. The summed E-state index contributed by atoms with van der Waals surface area (Å²) in [5.41, 5.74) is 0. The molecule has 0 aliphatic rings. The summed E-state index contributed by atoms with van der Waals surface area (Å²) in [7, 11) is 0. The number of carboxylic acid groups (broad SMARTS) is 2. The van der Waals surface area contributed by atoms with Crippen molar-refractivity contribution in [2.24, 2.45) is 5.92 Å². The molecule has 76 valence electrons. The lowest BCUT2D eigenvalue weighted by molar-refractivity contribution is -0.141. The molecule has 1 atom stereocenters. The molecular weight excluding hydrogens is 192 g/mol. The molecule has 0 aromatic carbocycles. The van der Waals surface area contributed by atoms with Crippen LogP contribution in [0.15, 0.2) is 0 Å². The van der Waals surface area contributed by atoms with Gasteiger partial charge in [-0.2, -0.15) is 12.6 Å². The molecule has 0 aliphatic carbocycles. The molecule has 0 bridgehead atoms. The first-order valence-electron chi connectivity index (χ1n) is 4.13. The maximum atomic E-state index is 10.5. The third-order valence-corrected chi connectivity index (χ3v) is 2.20. The number of hydrogen-bond acceptors (Lipinski definition) is 3. The summed E-state index contributed by atoms with van der Waals surface area (Å²) in [6.07, 6.45) is 1.78. The van der Waals surface area contributed by atoms with Gasteiger partial charge in [-0.15, -0.1) is 0 Å². The highest BCUT2D eigenvalue weighted by atomic mass is 32.1. The second-order valence-electron chi connectivity index (χ2n) is 2.86. The zero-order valence-electron chi connectivity index (χ0n) is 7.27. The van der Waals surface area contributed by atoms with Crippen LogP contribution in [0.3, 0.4) is 0 Å².